The van der Waals surface area contributed by atoms with Gasteiger partial charge in [-0.15, -0.1) is 0 Å². The lowest BCUT2D eigenvalue weighted by Crippen LogP contribution is -2.37. The predicted octanol–water partition coefficient (Wildman–Crippen LogP) is 2.60. The molecular formula is C14H18O2S. The van der Waals surface area contributed by atoms with E-state index in [2.05, 4.69) is 6.92 Å². The zero-order valence-corrected chi connectivity index (χ0v) is 10.8. The van der Waals surface area contributed by atoms with E-state index in [1.54, 1.807) is 11.8 Å². The highest BCUT2D eigenvalue weighted by Gasteiger charge is 2.48. The van der Waals surface area contributed by atoms with E-state index in [1.807, 2.05) is 30.3 Å². The van der Waals surface area contributed by atoms with Crippen LogP contribution in [0.15, 0.2) is 30.3 Å². The summed E-state index contributed by atoms with van der Waals surface area (Å²) in [6.45, 7) is 2.11. The zero-order valence-electron chi connectivity index (χ0n) is 10.0. The highest BCUT2D eigenvalue weighted by molar-refractivity contribution is 8.00. The Kier molecular flexibility index (Phi) is 3.89. The highest BCUT2D eigenvalue weighted by Crippen LogP contribution is 2.46. The van der Waals surface area contributed by atoms with E-state index in [1.165, 1.54) is 0 Å². The van der Waals surface area contributed by atoms with Gasteiger partial charge in [-0.1, -0.05) is 43.7 Å². The lowest BCUT2D eigenvalue weighted by atomic mass is 9.81. The third-order valence-electron chi connectivity index (χ3n) is 3.46. The summed E-state index contributed by atoms with van der Waals surface area (Å²) in [6.07, 6.45) is 2.98. The SMILES string of the molecule is CCC[C@H]1SC[C@@](O)(c2ccccc2)[C@@H]1C=O. The summed E-state index contributed by atoms with van der Waals surface area (Å²) < 4.78 is 0. The average Bonchev–Trinajstić information content (AvgIpc) is 2.69. The monoisotopic (exact) mass is 250 g/mol. The van der Waals surface area contributed by atoms with Gasteiger partial charge in [0.1, 0.15) is 11.9 Å². The molecule has 1 aromatic carbocycles. The van der Waals surface area contributed by atoms with Gasteiger partial charge in [0.25, 0.3) is 0 Å². The number of aldehydes is 1. The van der Waals surface area contributed by atoms with Crippen LogP contribution in [0.2, 0.25) is 0 Å². The molecule has 92 valence electrons. The smallest absolute Gasteiger partial charge is 0.127 e. The van der Waals surface area contributed by atoms with Crippen molar-refractivity contribution in [1.29, 1.82) is 0 Å². The van der Waals surface area contributed by atoms with Crippen LogP contribution in [0.4, 0.5) is 0 Å². The highest BCUT2D eigenvalue weighted by atomic mass is 32.2. The van der Waals surface area contributed by atoms with Gasteiger partial charge in [-0.05, 0) is 12.0 Å². The lowest BCUT2D eigenvalue weighted by Gasteiger charge is -2.28. The molecule has 0 aliphatic carbocycles. The van der Waals surface area contributed by atoms with Crippen LogP contribution in [0.1, 0.15) is 25.3 Å². The molecule has 17 heavy (non-hydrogen) atoms. The Bertz CT molecular complexity index is 379. The van der Waals surface area contributed by atoms with Crippen LogP contribution in [-0.4, -0.2) is 22.4 Å². The number of hydrogen-bond donors (Lipinski definition) is 1. The standard InChI is InChI=1S/C14H18O2S/c1-2-6-13-12(9-15)14(16,10-17-13)11-7-4-3-5-8-11/h3-5,7-9,12-13,16H,2,6,10H2,1H3/t12-,13-,14-/m1/s1. The molecule has 3 atom stereocenters. The number of aliphatic hydroxyl groups is 1. The van der Waals surface area contributed by atoms with Gasteiger partial charge < -0.3 is 9.90 Å². The van der Waals surface area contributed by atoms with Crippen LogP contribution in [-0.2, 0) is 10.4 Å². The van der Waals surface area contributed by atoms with Crippen molar-refractivity contribution in [3.05, 3.63) is 35.9 Å². The molecular weight excluding hydrogens is 232 g/mol. The van der Waals surface area contributed by atoms with Crippen molar-refractivity contribution >= 4 is 18.0 Å². The third-order valence-corrected chi connectivity index (χ3v) is 5.03. The average molecular weight is 250 g/mol. The molecule has 0 amide bonds. The van der Waals surface area contributed by atoms with E-state index < -0.39 is 5.60 Å². The minimum absolute atomic E-state index is 0.253. The van der Waals surface area contributed by atoms with Crippen LogP contribution in [0, 0.1) is 5.92 Å². The van der Waals surface area contributed by atoms with Crippen LogP contribution >= 0.6 is 11.8 Å². The fraction of sp³-hybridized carbons (Fsp3) is 0.500. The second-order valence-electron chi connectivity index (χ2n) is 4.59. The van der Waals surface area contributed by atoms with Crippen molar-refractivity contribution in [2.45, 2.75) is 30.6 Å². The molecule has 1 N–H and O–H groups in total. The number of benzene rings is 1. The van der Waals surface area contributed by atoms with Crippen molar-refractivity contribution in [1.82, 2.24) is 0 Å². The summed E-state index contributed by atoms with van der Waals surface area (Å²) in [6, 6.07) is 9.56. The van der Waals surface area contributed by atoms with E-state index in [0.29, 0.717) is 5.75 Å². The number of carbonyl (C=O) groups excluding carboxylic acids is 1. The van der Waals surface area contributed by atoms with Gasteiger partial charge in [0.2, 0.25) is 0 Å². The van der Waals surface area contributed by atoms with Gasteiger partial charge in [0.15, 0.2) is 0 Å². The van der Waals surface area contributed by atoms with Gasteiger partial charge >= 0.3 is 0 Å². The Balaban J connectivity index is 2.29. The summed E-state index contributed by atoms with van der Waals surface area (Å²) in [5, 5.41) is 11.0. The van der Waals surface area contributed by atoms with Crippen LogP contribution < -0.4 is 0 Å². The Labute approximate surface area is 106 Å². The summed E-state index contributed by atoms with van der Waals surface area (Å²) in [5.41, 5.74) is -0.115. The summed E-state index contributed by atoms with van der Waals surface area (Å²) >= 11 is 1.72. The molecule has 1 aromatic rings. The van der Waals surface area contributed by atoms with Crippen LogP contribution in [0.5, 0.6) is 0 Å². The molecule has 0 saturated carbocycles. The molecule has 0 unspecified atom stereocenters. The number of hydrogen-bond acceptors (Lipinski definition) is 3. The molecule has 0 radical (unpaired) electrons. The normalized spacial score (nSPS) is 32.6. The van der Waals surface area contributed by atoms with Crippen molar-refractivity contribution in [3.63, 3.8) is 0 Å². The molecule has 1 saturated heterocycles. The summed E-state index contributed by atoms with van der Waals surface area (Å²) in [4.78, 5) is 11.3. The minimum Gasteiger partial charge on any atom is -0.384 e. The first-order valence-electron chi connectivity index (χ1n) is 6.07. The van der Waals surface area contributed by atoms with Crippen molar-refractivity contribution in [2.24, 2.45) is 5.92 Å². The Morgan fingerprint density at radius 3 is 2.76 bits per heavy atom. The maximum absolute atomic E-state index is 11.3. The first-order chi connectivity index (χ1) is 8.22. The quantitative estimate of drug-likeness (QED) is 0.835. The maximum atomic E-state index is 11.3. The van der Waals surface area contributed by atoms with Gasteiger partial charge in [0, 0.05) is 11.0 Å². The predicted molar refractivity (Wildman–Crippen MR) is 71.0 cm³/mol. The number of thioether (sulfide) groups is 1. The summed E-state index contributed by atoms with van der Waals surface area (Å²) in [5.74, 6) is 0.334. The minimum atomic E-state index is -0.979. The fourth-order valence-electron chi connectivity index (χ4n) is 2.49. The molecule has 2 nitrogen and oxygen atoms in total. The van der Waals surface area contributed by atoms with E-state index in [4.69, 9.17) is 0 Å². The molecule has 3 heteroatoms. The second kappa shape index (κ2) is 5.23. The molecule has 1 heterocycles. The molecule has 0 aromatic heterocycles. The first kappa shape index (κ1) is 12.7. The Morgan fingerprint density at radius 1 is 1.47 bits per heavy atom. The van der Waals surface area contributed by atoms with E-state index >= 15 is 0 Å². The Hall–Kier alpha value is -0.800. The molecule has 2 rings (SSSR count). The molecule has 1 fully saturated rings. The van der Waals surface area contributed by atoms with Crippen LogP contribution in [0.3, 0.4) is 0 Å². The van der Waals surface area contributed by atoms with Crippen molar-refractivity contribution in [2.75, 3.05) is 5.75 Å². The van der Waals surface area contributed by atoms with E-state index in [9.17, 15) is 9.90 Å². The lowest BCUT2D eigenvalue weighted by molar-refractivity contribution is -0.118. The fourth-order valence-corrected chi connectivity index (χ4v) is 4.22. The number of carbonyl (C=O) groups is 1. The molecule has 1 aliphatic rings. The second-order valence-corrected chi connectivity index (χ2v) is 5.82. The topological polar surface area (TPSA) is 37.3 Å². The van der Waals surface area contributed by atoms with E-state index in [-0.39, 0.29) is 11.2 Å². The Morgan fingerprint density at radius 2 is 2.18 bits per heavy atom. The molecule has 0 bridgehead atoms. The number of rotatable bonds is 4. The van der Waals surface area contributed by atoms with Gasteiger partial charge in [0.05, 0.1) is 5.92 Å². The third kappa shape index (κ3) is 2.26. The van der Waals surface area contributed by atoms with Gasteiger partial charge in [-0.2, -0.15) is 11.8 Å². The zero-order chi connectivity index (χ0) is 12.3. The van der Waals surface area contributed by atoms with Crippen molar-refractivity contribution in [3.8, 4) is 0 Å². The first-order valence-corrected chi connectivity index (χ1v) is 7.12. The molecule has 1 aliphatic heterocycles. The van der Waals surface area contributed by atoms with E-state index in [0.717, 1.165) is 24.7 Å². The van der Waals surface area contributed by atoms with Gasteiger partial charge in [-0.25, -0.2) is 0 Å². The molecule has 0 spiro atoms. The largest absolute Gasteiger partial charge is 0.384 e. The summed E-state index contributed by atoms with van der Waals surface area (Å²) in [7, 11) is 0. The maximum Gasteiger partial charge on any atom is 0.127 e. The van der Waals surface area contributed by atoms with Crippen LogP contribution in [0.25, 0.3) is 0 Å². The van der Waals surface area contributed by atoms with Gasteiger partial charge in [-0.3, -0.25) is 0 Å². The van der Waals surface area contributed by atoms with Crippen molar-refractivity contribution < 1.29 is 9.90 Å².